The molecule has 0 saturated heterocycles. The molecule has 0 aromatic heterocycles. The van der Waals surface area contributed by atoms with Crippen LogP contribution in [0.2, 0.25) is 0 Å². The van der Waals surface area contributed by atoms with E-state index in [1.165, 1.54) is 0 Å². The molecule has 3 aromatic rings. The topological polar surface area (TPSA) is 17.1 Å². The van der Waals surface area contributed by atoms with Crippen LogP contribution in [0, 0.1) is 0 Å². The van der Waals surface area contributed by atoms with E-state index in [0.29, 0.717) is 0 Å². The zero-order chi connectivity index (χ0) is 13.8. The first-order valence-electron chi connectivity index (χ1n) is 6.58. The molecule has 0 saturated carbocycles. The van der Waals surface area contributed by atoms with Crippen LogP contribution in [0.3, 0.4) is 0 Å². The molecule has 0 unspecified atom stereocenters. The smallest absolute Gasteiger partial charge is 0.150 e. The summed E-state index contributed by atoms with van der Waals surface area (Å²) in [5, 5.41) is 0. The van der Waals surface area contributed by atoms with Crippen molar-refractivity contribution in [2.24, 2.45) is 0 Å². The van der Waals surface area contributed by atoms with Crippen LogP contribution < -0.4 is 0 Å². The Bertz CT molecular complexity index is 715. The minimum Gasteiger partial charge on any atom is -0.298 e. The van der Waals surface area contributed by atoms with Gasteiger partial charge < -0.3 is 0 Å². The monoisotopic (exact) mass is 258 g/mol. The van der Waals surface area contributed by atoms with Crippen LogP contribution >= 0.6 is 0 Å². The highest BCUT2D eigenvalue weighted by Crippen LogP contribution is 2.27. The summed E-state index contributed by atoms with van der Waals surface area (Å²) in [7, 11) is 0. The third kappa shape index (κ3) is 2.39. The minimum absolute atomic E-state index is 0.720. The molecule has 0 aliphatic heterocycles. The van der Waals surface area contributed by atoms with Crippen LogP contribution in [0.5, 0.6) is 0 Å². The number of carbonyl (C=O) groups is 1. The van der Waals surface area contributed by atoms with Gasteiger partial charge in [0.05, 0.1) is 0 Å². The lowest BCUT2D eigenvalue weighted by atomic mass is 9.95. The number of rotatable bonds is 3. The molecule has 1 heteroatoms. The van der Waals surface area contributed by atoms with Gasteiger partial charge in [-0.15, -0.1) is 0 Å². The molecule has 3 rings (SSSR count). The van der Waals surface area contributed by atoms with Gasteiger partial charge in [-0.3, -0.25) is 4.79 Å². The molecule has 96 valence electrons. The number of carbonyl (C=O) groups excluding carboxylic acids is 1. The molecule has 0 atom stereocenters. The van der Waals surface area contributed by atoms with Crippen molar-refractivity contribution in [1.29, 1.82) is 0 Å². The second-order valence-electron chi connectivity index (χ2n) is 4.65. The van der Waals surface area contributed by atoms with Gasteiger partial charge in [-0.25, -0.2) is 0 Å². The van der Waals surface area contributed by atoms with E-state index in [4.69, 9.17) is 0 Å². The highest BCUT2D eigenvalue weighted by Gasteiger charge is 2.06. The predicted molar refractivity (Wildman–Crippen MR) is 82.7 cm³/mol. The van der Waals surface area contributed by atoms with Crippen LogP contribution in [0.4, 0.5) is 0 Å². The van der Waals surface area contributed by atoms with Crippen LogP contribution in [-0.2, 0) is 0 Å². The summed E-state index contributed by atoms with van der Waals surface area (Å²) in [5.41, 5.74) is 4.94. The van der Waals surface area contributed by atoms with Crippen molar-refractivity contribution in [3.63, 3.8) is 0 Å². The van der Waals surface area contributed by atoms with Crippen LogP contribution in [0.15, 0.2) is 78.9 Å². The molecule has 3 aromatic carbocycles. The number of aldehydes is 1. The predicted octanol–water partition coefficient (Wildman–Crippen LogP) is 4.83. The number of benzene rings is 3. The van der Waals surface area contributed by atoms with E-state index in [2.05, 4.69) is 6.07 Å². The van der Waals surface area contributed by atoms with Gasteiger partial charge in [0.2, 0.25) is 0 Å². The number of hydrogen-bond acceptors (Lipinski definition) is 1. The maximum absolute atomic E-state index is 11.4. The molecule has 0 bridgehead atoms. The molecule has 0 aliphatic rings. The molecule has 0 amide bonds. The Kier molecular flexibility index (Phi) is 3.42. The third-order valence-electron chi connectivity index (χ3n) is 3.37. The Labute approximate surface area is 118 Å². The lowest BCUT2D eigenvalue weighted by Gasteiger charge is -2.08. The standard InChI is InChI=1S/C19H14O/c20-14-18-13-17(15-7-3-1-4-8-15)11-12-19(18)16-9-5-2-6-10-16/h1-14H. The molecule has 0 fully saturated rings. The third-order valence-corrected chi connectivity index (χ3v) is 3.37. The van der Waals surface area contributed by atoms with Crippen LogP contribution in [0.25, 0.3) is 22.3 Å². The Balaban J connectivity index is 2.10. The van der Waals surface area contributed by atoms with Gasteiger partial charge in [-0.1, -0.05) is 72.8 Å². The van der Waals surface area contributed by atoms with Crippen molar-refractivity contribution in [1.82, 2.24) is 0 Å². The summed E-state index contributed by atoms with van der Waals surface area (Å²) in [4.78, 5) is 11.4. The summed E-state index contributed by atoms with van der Waals surface area (Å²) >= 11 is 0. The quantitative estimate of drug-likeness (QED) is 0.615. The van der Waals surface area contributed by atoms with Gasteiger partial charge in [0.15, 0.2) is 6.29 Å². The minimum atomic E-state index is 0.720. The summed E-state index contributed by atoms with van der Waals surface area (Å²) in [6.45, 7) is 0. The van der Waals surface area contributed by atoms with Crippen molar-refractivity contribution in [3.05, 3.63) is 84.4 Å². The first-order valence-corrected chi connectivity index (χ1v) is 6.58. The van der Waals surface area contributed by atoms with E-state index >= 15 is 0 Å². The van der Waals surface area contributed by atoms with Crippen molar-refractivity contribution in [3.8, 4) is 22.3 Å². The van der Waals surface area contributed by atoms with Crippen LogP contribution in [0.1, 0.15) is 10.4 Å². The Hall–Kier alpha value is -2.67. The molecule has 20 heavy (non-hydrogen) atoms. The molecule has 0 aliphatic carbocycles. The van der Waals surface area contributed by atoms with E-state index in [-0.39, 0.29) is 0 Å². The Morgan fingerprint density at radius 1 is 0.600 bits per heavy atom. The van der Waals surface area contributed by atoms with E-state index in [9.17, 15) is 4.79 Å². The second-order valence-corrected chi connectivity index (χ2v) is 4.65. The maximum atomic E-state index is 11.4. The highest BCUT2D eigenvalue weighted by atomic mass is 16.1. The van der Waals surface area contributed by atoms with Gasteiger partial charge in [0.1, 0.15) is 0 Å². The SMILES string of the molecule is O=Cc1cc(-c2ccccc2)ccc1-c1ccccc1. The first-order chi connectivity index (χ1) is 9.88. The molecule has 0 heterocycles. The zero-order valence-corrected chi connectivity index (χ0v) is 11.0. The summed E-state index contributed by atoms with van der Waals surface area (Å²) < 4.78 is 0. The largest absolute Gasteiger partial charge is 0.298 e. The summed E-state index contributed by atoms with van der Waals surface area (Å²) in [5.74, 6) is 0. The Morgan fingerprint density at radius 2 is 1.20 bits per heavy atom. The van der Waals surface area contributed by atoms with Crippen LogP contribution in [-0.4, -0.2) is 6.29 Å². The molecule has 0 N–H and O–H groups in total. The molecular formula is C19H14O. The number of hydrogen-bond donors (Lipinski definition) is 0. The fraction of sp³-hybridized carbons (Fsp3) is 0. The van der Waals surface area contributed by atoms with Gasteiger partial charge >= 0.3 is 0 Å². The molecule has 0 radical (unpaired) electrons. The van der Waals surface area contributed by atoms with Gasteiger partial charge in [-0.05, 0) is 28.3 Å². The van der Waals surface area contributed by atoms with Crippen molar-refractivity contribution >= 4 is 6.29 Å². The van der Waals surface area contributed by atoms with Crippen molar-refractivity contribution in [2.75, 3.05) is 0 Å². The van der Waals surface area contributed by atoms with E-state index in [1.807, 2.05) is 72.8 Å². The zero-order valence-electron chi connectivity index (χ0n) is 11.0. The Morgan fingerprint density at radius 3 is 1.80 bits per heavy atom. The summed E-state index contributed by atoms with van der Waals surface area (Å²) in [6.07, 6.45) is 0.925. The fourth-order valence-electron chi connectivity index (χ4n) is 2.35. The summed E-state index contributed by atoms with van der Waals surface area (Å²) in [6, 6.07) is 26.1. The fourth-order valence-corrected chi connectivity index (χ4v) is 2.35. The molecule has 0 spiro atoms. The van der Waals surface area contributed by atoms with E-state index in [0.717, 1.165) is 34.1 Å². The van der Waals surface area contributed by atoms with Gasteiger partial charge in [0.25, 0.3) is 0 Å². The average Bonchev–Trinajstić information content (AvgIpc) is 2.56. The average molecular weight is 258 g/mol. The van der Waals surface area contributed by atoms with Crippen molar-refractivity contribution < 1.29 is 4.79 Å². The molecule has 1 nitrogen and oxygen atoms in total. The van der Waals surface area contributed by atoms with E-state index < -0.39 is 0 Å². The lowest BCUT2D eigenvalue weighted by Crippen LogP contribution is -1.89. The maximum Gasteiger partial charge on any atom is 0.150 e. The lowest BCUT2D eigenvalue weighted by molar-refractivity contribution is 0.112. The second kappa shape index (κ2) is 5.54. The van der Waals surface area contributed by atoms with Gasteiger partial charge in [0, 0.05) is 5.56 Å². The normalized spacial score (nSPS) is 10.2. The van der Waals surface area contributed by atoms with Gasteiger partial charge in [-0.2, -0.15) is 0 Å². The highest BCUT2D eigenvalue weighted by molar-refractivity contribution is 5.90. The molecular weight excluding hydrogens is 244 g/mol. The first kappa shape index (κ1) is 12.4. The van der Waals surface area contributed by atoms with E-state index in [1.54, 1.807) is 0 Å². The van der Waals surface area contributed by atoms with Crippen molar-refractivity contribution in [2.45, 2.75) is 0 Å².